The zero-order valence-corrected chi connectivity index (χ0v) is 20.5. The molecule has 0 unspecified atom stereocenters. The number of nitrogens with zero attached hydrogens (tertiary/aromatic N) is 2. The van der Waals surface area contributed by atoms with E-state index in [9.17, 15) is 4.79 Å². The predicted molar refractivity (Wildman–Crippen MR) is 136 cm³/mol. The summed E-state index contributed by atoms with van der Waals surface area (Å²) in [7, 11) is 0. The van der Waals surface area contributed by atoms with E-state index in [1.54, 1.807) is 25.3 Å². The van der Waals surface area contributed by atoms with Gasteiger partial charge in [0, 0.05) is 34.9 Å². The number of pyridine rings is 2. The van der Waals surface area contributed by atoms with Crippen molar-refractivity contribution in [2.24, 2.45) is 5.41 Å². The van der Waals surface area contributed by atoms with Crippen LogP contribution in [0.5, 0.6) is 5.88 Å². The van der Waals surface area contributed by atoms with Crippen LogP contribution in [0.4, 0.5) is 20.7 Å². The van der Waals surface area contributed by atoms with E-state index in [1.165, 1.54) is 6.07 Å². The molecule has 8 nitrogen and oxygen atoms in total. The number of aromatic nitrogens is 2. The summed E-state index contributed by atoms with van der Waals surface area (Å²) in [6.45, 7) is 7.02. The molecule has 36 heavy (non-hydrogen) atoms. The van der Waals surface area contributed by atoms with Crippen LogP contribution in [0.1, 0.15) is 36.9 Å². The van der Waals surface area contributed by atoms with Crippen molar-refractivity contribution in [1.82, 2.24) is 15.3 Å². The van der Waals surface area contributed by atoms with Crippen LogP contribution in [0.2, 0.25) is 0 Å². The molecule has 0 atom stereocenters. The molecule has 0 bridgehead atoms. The molecule has 3 N–H and O–H groups in total. The molecule has 188 valence electrons. The van der Waals surface area contributed by atoms with E-state index in [0.717, 1.165) is 55.4 Å². The van der Waals surface area contributed by atoms with Gasteiger partial charge in [-0.3, -0.25) is 5.32 Å². The Kier molecular flexibility index (Phi) is 5.67. The van der Waals surface area contributed by atoms with E-state index in [4.69, 9.17) is 9.47 Å². The van der Waals surface area contributed by atoms with Crippen LogP contribution in [0, 0.1) is 25.1 Å². The number of fused-ring (bicyclic) bond motifs is 2. The zero-order valence-electron chi connectivity index (χ0n) is 20.5. The molecule has 1 saturated heterocycles. The van der Waals surface area contributed by atoms with Gasteiger partial charge in [0.05, 0.1) is 0 Å². The van der Waals surface area contributed by atoms with Gasteiger partial charge in [0.25, 0.3) is 0 Å². The van der Waals surface area contributed by atoms with Crippen LogP contribution < -0.4 is 20.7 Å². The summed E-state index contributed by atoms with van der Waals surface area (Å²) in [6.07, 6.45) is 5.21. The van der Waals surface area contributed by atoms with Crippen LogP contribution in [0.15, 0.2) is 24.4 Å². The molecule has 3 aromatic rings. The first kappa shape index (κ1) is 23.0. The quantitative estimate of drug-likeness (QED) is 0.478. The van der Waals surface area contributed by atoms with E-state index in [0.29, 0.717) is 52.5 Å². The lowest BCUT2D eigenvalue weighted by Crippen LogP contribution is -2.49. The van der Waals surface area contributed by atoms with Gasteiger partial charge in [-0.25, -0.2) is 19.2 Å². The van der Waals surface area contributed by atoms with Crippen molar-refractivity contribution < 1.29 is 18.7 Å². The number of nitrogens with one attached hydrogen (secondary N) is 3. The summed E-state index contributed by atoms with van der Waals surface area (Å²) in [5.41, 5.74) is 3.74. The number of anilines is 2. The molecule has 2 aromatic heterocycles. The topological polar surface area (TPSA) is 97.4 Å². The van der Waals surface area contributed by atoms with Crippen molar-refractivity contribution in [3.63, 3.8) is 0 Å². The summed E-state index contributed by atoms with van der Waals surface area (Å²) in [5, 5.41) is 10.9. The minimum Gasteiger partial charge on any atom is -0.474 e. The van der Waals surface area contributed by atoms with Gasteiger partial charge in [0.2, 0.25) is 5.88 Å². The number of amides is 1. The van der Waals surface area contributed by atoms with Crippen molar-refractivity contribution in [3.8, 4) is 17.0 Å². The lowest BCUT2D eigenvalue weighted by atomic mass is 9.62. The van der Waals surface area contributed by atoms with Gasteiger partial charge < -0.3 is 20.1 Å². The van der Waals surface area contributed by atoms with Gasteiger partial charge in [-0.1, -0.05) is 0 Å². The third-order valence-corrected chi connectivity index (χ3v) is 7.84. The smallest absolute Gasteiger partial charge is 0.413 e. The molecular weight excluding hydrogens is 461 g/mol. The number of rotatable bonds is 3. The third-order valence-electron chi connectivity index (χ3n) is 7.84. The third kappa shape index (κ3) is 4.11. The van der Waals surface area contributed by atoms with E-state index in [1.807, 2.05) is 6.92 Å². The van der Waals surface area contributed by atoms with Crippen molar-refractivity contribution in [2.45, 2.75) is 45.6 Å². The summed E-state index contributed by atoms with van der Waals surface area (Å²) in [4.78, 5) is 21.4. The molecular formula is C27H30FN5O3. The Hall–Kier alpha value is -3.46. The molecule has 2 aliphatic heterocycles. The number of hydrogen-bond donors (Lipinski definition) is 3. The van der Waals surface area contributed by atoms with Gasteiger partial charge >= 0.3 is 6.09 Å². The average molecular weight is 492 g/mol. The molecule has 1 spiro atoms. The number of aryl methyl sites for hydroxylation is 1. The van der Waals surface area contributed by atoms with Crippen LogP contribution in [-0.4, -0.2) is 48.4 Å². The molecule has 1 saturated carbocycles. The van der Waals surface area contributed by atoms with Gasteiger partial charge in [-0.2, -0.15) is 0 Å². The second kappa shape index (κ2) is 8.89. The minimum atomic E-state index is -0.502. The van der Waals surface area contributed by atoms with Gasteiger partial charge in [-0.05, 0) is 87.2 Å². The molecule has 6 rings (SSSR count). The summed E-state index contributed by atoms with van der Waals surface area (Å²) >= 11 is 0. The van der Waals surface area contributed by atoms with E-state index in [-0.39, 0.29) is 11.9 Å². The van der Waals surface area contributed by atoms with Crippen molar-refractivity contribution >= 4 is 28.4 Å². The second-order valence-corrected chi connectivity index (χ2v) is 10.2. The maximum Gasteiger partial charge on any atom is 0.413 e. The molecule has 4 heterocycles. The normalized spacial score (nSPS) is 18.6. The number of piperidine rings is 1. The number of carbonyl (C=O) groups excluding carboxylic acids is 1. The predicted octanol–water partition coefficient (Wildman–Crippen LogP) is 4.94. The van der Waals surface area contributed by atoms with Gasteiger partial charge in [0.1, 0.15) is 30.0 Å². The Morgan fingerprint density at radius 2 is 1.97 bits per heavy atom. The SMILES string of the molecule is Cc1c(-c2cc3cc(NC(=O)OC4CC5(CCNCC5)C4)nc(C)c3cc2F)cnc2c1NCCO2. The van der Waals surface area contributed by atoms with E-state index in [2.05, 4.69) is 25.9 Å². The Morgan fingerprint density at radius 1 is 1.17 bits per heavy atom. The van der Waals surface area contributed by atoms with Gasteiger partial charge in [0.15, 0.2) is 0 Å². The maximum atomic E-state index is 15.2. The highest BCUT2D eigenvalue weighted by Gasteiger charge is 2.46. The van der Waals surface area contributed by atoms with Gasteiger partial charge in [-0.15, -0.1) is 0 Å². The number of hydrogen-bond acceptors (Lipinski definition) is 7. The summed E-state index contributed by atoms with van der Waals surface area (Å²) in [6, 6.07) is 5.03. The second-order valence-electron chi connectivity index (χ2n) is 10.2. The molecule has 0 radical (unpaired) electrons. The van der Waals surface area contributed by atoms with Crippen LogP contribution in [0.3, 0.4) is 0 Å². The minimum absolute atomic E-state index is 0.0533. The number of ether oxygens (including phenoxy) is 2. The molecule has 2 fully saturated rings. The number of halogens is 1. The largest absolute Gasteiger partial charge is 0.474 e. The fraction of sp³-hybridized carbons (Fsp3) is 0.444. The van der Waals surface area contributed by atoms with Crippen molar-refractivity contribution in [1.29, 1.82) is 0 Å². The highest BCUT2D eigenvalue weighted by Crippen LogP contribution is 2.49. The van der Waals surface area contributed by atoms with Crippen LogP contribution >= 0.6 is 0 Å². The first-order chi connectivity index (χ1) is 17.4. The molecule has 3 aliphatic rings. The van der Waals surface area contributed by atoms with Crippen LogP contribution in [-0.2, 0) is 4.74 Å². The van der Waals surface area contributed by atoms with Crippen molar-refractivity contribution in [2.75, 3.05) is 36.9 Å². The molecule has 1 aliphatic carbocycles. The van der Waals surface area contributed by atoms with E-state index >= 15 is 4.39 Å². The number of carbonyl (C=O) groups is 1. The standard InChI is InChI=1S/C27H30FN5O3/c1-15-21(14-31-25-24(15)30-7-8-35-25)20-9-17-10-23(32-16(2)19(17)11-22(20)28)33-26(34)36-18-12-27(13-18)3-5-29-6-4-27/h9-11,14,18,29-30H,3-8,12-13H2,1-2H3,(H,32,33,34). The number of benzene rings is 1. The molecule has 1 amide bonds. The lowest BCUT2D eigenvalue weighted by molar-refractivity contribution is -0.0539. The Morgan fingerprint density at radius 3 is 2.78 bits per heavy atom. The fourth-order valence-corrected chi connectivity index (χ4v) is 5.85. The van der Waals surface area contributed by atoms with E-state index < -0.39 is 6.09 Å². The maximum absolute atomic E-state index is 15.2. The molecule has 9 heteroatoms. The highest BCUT2D eigenvalue weighted by atomic mass is 19.1. The first-order valence-electron chi connectivity index (χ1n) is 12.6. The first-order valence-corrected chi connectivity index (χ1v) is 12.6. The lowest BCUT2D eigenvalue weighted by Gasteiger charge is -2.49. The Balaban J connectivity index is 1.23. The molecule has 1 aromatic carbocycles. The monoisotopic (exact) mass is 491 g/mol. The van der Waals surface area contributed by atoms with Crippen LogP contribution in [0.25, 0.3) is 21.9 Å². The zero-order chi connectivity index (χ0) is 24.9. The van der Waals surface area contributed by atoms with Crippen molar-refractivity contribution in [3.05, 3.63) is 41.5 Å². The Labute approximate surface area is 209 Å². The average Bonchev–Trinajstić information content (AvgIpc) is 2.84. The Bertz CT molecular complexity index is 1350. The highest BCUT2D eigenvalue weighted by molar-refractivity contribution is 5.94. The fourth-order valence-electron chi connectivity index (χ4n) is 5.85. The summed E-state index contributed by atoms with van der Waals surface area (Å²) < 4.78 is 26.5. The summed E-state index contributed by atoms with van der Waals surface area (Å²) in [5.74, 6) is 0.561.